The highest BCUT2D eigenvalue weighted by Crippen LogP contribution is 2.39. The highest BCUT2D eigenvalue weighted by molar-refractivity contribution is 14.1. The summed E-state index contributed by atoms with van der Waals surface area (Å²) in [7, 11) is -5.21. The summed E-state index contributed by atoms with van der Waals surface area (Å²) in [5, 5.41) is 12.5. The van der Waals surface area contributed by atoms with E-state index in [0.717, 1.165) is 10.5 Å². The van der Waals surface area contributed by atoms with Crippen molar-refractivity contribution in [2.45, 2.75) is 74.3 Å². The number of nitrogens with one attached hydrogen (secondary N) is 1. The second-order valence-corrected chi connectivity index (χ2v) is 22.6. The van der Waals surface area contributed by atoms with Gasteiger partial charge in [-0.25, -0.2) is 31.0 Å². The molecule has 5 aromatic carbocycles. The molecule has 372 valence electrons. The number of hydrogen-bond acceptors (Lipinski definition) is 14. The van der Waals surface area contributed by atoms with E-state index in [1.54, 1.807) is 125 Å². The lowest BCUT2D eigenvalue weighted by molar-refractivity contribution is 0.0189. The monoisotopic (exact) mass is 1120 g/mol. The number of halogens is 1. The van der Waals surface area contributed by atoms with Crippen LogP contribution in [0.3, 0.4) is 0 Å². The van der Waals surface area contributed by atoms with E-state index in [1.165, 1.54) is 40.2 Å². The Morgan fingerprint density at radius 3 is 1.79 bits per heavy atom. The number of methoxy groups -OCH3 is 3. The van der Waals surface area contributed by atoms with Crippen molar-refractivity contribution in [1.82, 2.24) is 39.0 Å². The molecule has 2 atom stereocenters. The third-order valence-corrected chi connectivity index (χ3v) is 16.3. The van der Waals surface area contributed by atoms with Gasteiger partial charge in [0.15, 0.2) is 5.82 Å². The lowest BCUT2D eigenvalue weighted by Gasteiger charge is -2.30. The van der Waals surface area contributed by atoms with E-state index >= 15 is 16.8 Å². The van der Waals surface area contributed by atoms with Crippen LogP contribution in [0.4, 0.5) is 4.79 Å². The molecule has 3 amide bonds. The number of sulfonamides is 2. The second kappa shape index (κ2) is 20.7. The zero-order valence-corrected chi connectivity index (χ0v) is 43.4. The Morgan fingerprint density at radius 1 is 0.761 bits per heavy atom. The van der Waals surface area contributed by atoms with E-state index in [9.17, 15) is 14.4 Å². The Balaban J connectivity index is 1.23. The average molecular weight is 1120 g/mol. The maximum absolute atomic E-state index is 15.9. The van der Waals surface area contributed by atoms with Crippen LogP contribution in [0.5, 0.6) is 17.2 Å². The highest BCUT2D eigenvalue weighted by Gasteiger charge is 2.45. The second-order valence-electron chi connectivity index (χ2n) is 17.8. The van der Waals surface area contributed by atoms with Crippen LogP contribution in [0.2, 0.25) is 0 Å². The molecule has 19 nitrogen and oxygen atoms in total. The lowest BCUT2D eigenvalue weighted by atomic mass is 10.1. The number of likely N-dealkylation sites (tertiary alicyclic amines) is 1. The van der Waals surface area contributed by atoms with Crippen LogP contribution in [-0.4, -0.2) is 121 Å². The first-order valence-electron chi connectivity index (χ1n) is 22.3. The first kappa shape index (κ1) is 50.9. The molecule has 0 radical (unpaired) electrons. The topological polar surface area (TPSA) is 222 Å². The van der Waals surface area contributed by atoms with Gasteiger partial charge in [-0.15, -0.1) is 5.10 Å². The van der Waals surface area contributed by atoms with Crippen LogP contribution in [0.1, 0.15) is 64.6 Å². The van der Waals surface area contributed by atoms with Gasteiger partial charge in [-0.2, -0.15) is 4.31 Å². The van der Waals surface area contributed by atoms with Gasteiger partial charge in [0.25, 0.3) is 11.8 Å². The van der Waals surface area contributed by atoms with E-state index in [1.807, 2.05) is 22.6 Å². The molecule has 2 aliphatic heterocycles. The molecular formula is C49H51IN8O11S2. The largest absolute Gasteiger partial charge is 0.497 e. The average Bonchev–Trinajstić information content (AvgIpc) is 4.04. The summed E-state index contributed by atoms with van der Waals surface area (Å²) in [6.07, 6.45) is -0.871. The van der Waals surface area contributed by atoms with E-state index in [4.69, 9.17) is 18.9 Å². The van der Waals surface area contributed by atoms with Gasteiger partial charge in [0.05, 0.1) is 50.6 Å². The maximum Gasteiger partial charge on any atom is 0.410 e. The smallest absolute Gasteiger partial charge is 0.410 e. The highest BCUT2D eigenvalue weighted by atomic mass is 127. The first-order valence-corrected chi connectivity index (χ1v) is 26.3. The fourth-order valence-corrected chi connectivity index (χ4v) is 13.0. The van der Waals surface area contributed by atoms with Crippen molar-refractivity contribution in [2.75, 3.05) is 34.4 Å². The van der Waals surface area contributed by atoms with Gasteiger partial charge >= 0.3 is 6.09 Å². The molecule has 1 saturated heterocycles. The summed E-state index contributed by atoms with van der Waals surface area (Å²) >= 11 is 1.95. The number of rotatable bonds is 17. The minimum atomic E-state index is -4.91. The number of hydrogen-bond donors (Lipinski definition) is 1. The Labute approximate surface area is 425 Å². The summed E-state index contributed by atoms with van der Waals surface area (Å²) < 4.78 is 89.8. The van der Waals surface area contributed by atoms with Crippen LogP contribution < -0.4 is 18.9 Å². The molecule has 1 N–H and O–H groups in total. The third-order valence-electron chi connectivity index (χ3n) is 11.9. The van der Waals surface area contributed by atoms with Gasteiger partial charge < -0.3 is 23.8 Å². The van der Waals surface area contributed by atoms with Crippen molar-refractivity contribution in [2.24, 2.45) is 0 Å². The molecule has 0 aliphatic carbocycles. The number of imide groups is 1. The van der Waals surface area contributed by atoms with Crippen molar-refractivity contribution in [3.8, 4) is 28.6 Å². The number of tetrazole rings is 1. The molecule has 0 spiro atoms. The van der Waals surface area contributed by atoms with Gasteiger partial charge in [0, 0.05) is 35.8 Å². The third kappa shape index (κ3) is 11.1. The number of ether oxygens (including phenoxy) is 4. The Bertz CT molecular complexity index is 3100. The summed E-state index contributed by atoms with van der Waals surface area (Å²) in [5.74, 6) is 0.562. The number of benzene rings is 5. The van der Waals surface area contributed by atoms with Crippen molar-refractivity contribution in [3.05, 3.63) is 141 Å². The van der Waals surface area contributed by atoms with Crippen LogP contribution in [0.15, 0.2) is 119 Å². The van der Waals surface area contributed by atoms with Gasteiger partial charge in [0.2, 0.25) is 20.0 Å². The molecule has 1 aromatic heterocycles. The zero-order chi connectivity index (χ0) is 50.8. The predicted octanol–water partition coefficient (Wildman–Crippen LogP) is 6.36. The van der Waals surface area contributed by atoms with Crippen molar-refractivity contribution < 1.29 is 50.2 Å². The lowest BCUT2D eigenvalue weighted by Crippen LogP contribution is -2.46. The minimum absolute atomic E-state index is 0.0346. The summed E-state index contributed by atoms with van der Waals surface area (Å²) in [5.41, 5.74) is 1.26. The number of aromatic nitrogens is 4. The number of amides is 3. The van der Waals surface area contributed by atoms with E-state index in [0.29, 0.717) is 31.9 Å². The predicted molar refractivity (Wildman–Crippen MR) is 268 cm³/mol. The molecule has 0 saturated carbocycles. The SMILES string of the molecule is COc1ccc(CN(Cc2ccc(OC)cc2)S(=O)(=O)c2c(S(=O)(=O)N[C@@H]3C[C@@H](CN4C(=O)c5ccccc5C4=O)N(C(=O)OC(C)(C)C)C3)ccc(I)c2-c2nnnn2Cc2ccc(OC)cc2)cc1. The molecule has 2 aliphatic rings. The number of nitrogens with zero attached hydrogens (tertiary/aromatic N) is 7. The molecule has 71 heavy (non-hydrogen) atoms. The molecule has 8 rings (SSSR count). The maximum atomic E-state index is 15.9. The van der Waals surface area contributed by atoms with Crippen molar-refractivity contribution >= 4 is 60.5 Å². The number of fused-ring (bicyclic) bond motifs is 1. The molecule has 22 heteroatoms. The Hall–Kier alpha value is -6.47. The van der Waals surface area contributed by atoms with E-state index in [-0.39, 0.29) is 61.7 Å². The van der Waals surface area contributed by atoms with E-state index < -0.39 is 65.4 Å². The van der Waals surface area contributed by atoms with Crippen molar-refractivity contribution in [3.63, 3.8) is 0 Å². The fourth-order valence-electron chi connectivity index (χ4n) is 8.45. The minimum Gasteiger partial charge on any atom is -0.497 e. The normalized spacial score (nSPS) is 16.1. The van der Waals surface area contributed by atoms with Crippen LogP contribution in [-0.2, 0) is 44.4 Å². The van der Waals surface area contributed by atoms with Gasteiger partial charge in [-0.1, -0.05) is 48.5 Å². The molecule has 3 heterocycles. The molecule has 0 bridgehead atoms. The Kier molecular flexibility index (Phi) is 14.8. The van der Waals surface area contributed by atoms with Crippen LogP contribution in [0, 0.1) is 3.57 Å². The van der Waals surface area contributed by atoms with Gasteiger partial charge in [-0.3, -0.25) is 14.5 Å². The number of carbonyl (C=O) groups excluding carboxylic acids is 3. The quantitative estimate of drug-likeness (QED) is 0.0776. The first-order chi connectivity index (χ1) is 33.8. The molecule has 1 fully saturated rings. The molecule has 6 aromatic rings. The summed E-state index contributed by atoms with van der Waals surface area (Å²) in [4.78, 5) is 42.1. The van der Waals surface area contributed by atoms with Gasteiger partial charge in [-0.05, 0) is 138 Å². The zero-order valence-electron chi connectivity index (χ0n) is 39.6. The number of carbonyl (C=O) groups is 3. The van der Waals surface area contributed by atoms with E-state index in [2.05, 4.69) is 20.2 Å². The summed E-state index contributed by atoms with van der Waals surface area (Å²) in [6.45, 7) is 4.17. The molecule has 0 unspecified atom stereocenters. The molecular weight excluding hydrogens is 1070 g/mol. The fraction of sp³-hybridized carbons (Fsp3) is 0.306. The van der Waals surface area contributed by atoms with Crippen LogP contribution >= 0.6 is 22.6 Å². The van der Waals surface area contributed by atoms with Gasteiger partial charge in [0.1, 0.15) is 32.6 Å². The van der Waals surface area contributed by atoms with Crippen molar-refractivity contribution in [1.29, 1.82) is 0 Å². The van der Waals surface area contributed by atoms with Crippen LogP contribution in [0.25, 0.3) is 11.4 Å². The Morgan fingerprint density at radius 2 is 1.28 bits per heavy atom. The standard InChI is InChI=1S/C49H51IN8O11S2/c1-49(2,3)69-48(61)56-29-34(25-35(56)30-57-46(59)39-9-7-8-10-40(39)47(57)60)52-70(62,63)42-24-23-41(50)43(45-51-53-54-58(45)28-33-15-21-38(68-6)22-16-33)44(42)71(64,65)55(26-31-11-17-36(66-4)18-12-31)27-32-13-19-37(67-5)20-14-32/h7-24,34-35,52H,25-30H2,1-6H3/t34-,35+/m1/s1. The summed E-state index contributed by atoms with van der Waals surface area (Å²) in [6, 6.07) is 27.9.